The Bertz CT molecular complexity index is 245. The van der Waals surface area contributed by atoms with Crippen molar-refractivity contribution < 1.29 is 9.50 Å². The van der Waals surface area contributed by atoms with Crippen LogP contribution in [0.4, 0.5) is 4.39 Å². The molecule has 0 spiro atoms. The number of rotatable bonds is 1. The Morgan fingerprint density at radius 3 is 2.42 bits per heavy atom. The number of nitrogens with two attached hydrogens (primary N) is 1. The van der Waals surface area contributed by atoms with E-state index >= 15 is 0 Å². The van der Waals surface area contributed by atoms with Crippen LogP contribution in [0, 0.1) is 5.82 Å². The topological polar surface area (TPSA) is 46.2 Å². The van der Waals surface area contributed by atoms with Gasteiger partial charge in [0.05, 0.1) is 0 Å². The fourth-order valence-electron chi connectivity index (χ4n) is 0.976. The molecule has 0 radical (unpaired) electrons. The van der Waals surface area contributed by atoms with Gasteiger partial charge < -0.3 is 10.8 Å². The molecule has 0 aliphatic rings. The van der Waals surface area contributed by atoms with Gasteiger partial charge in [-0.15, -0.1) is 12.4 Å². The van der Waals surface area contributed by atoms with E-state index in [-0.39, 0.29) is 23.7 Å². The van der Waals surface area contributed by atoms with Crippen molar-refractivity contribution in [1.82, 2.24) is 0 Å². The van der Waals surface area contributed by atoms with E-state index in [1.807, 2.05) is 0 Å². The molecule has 0 fully saturated rings. The SMILES string of the molecule is CC(N)c1c(O)cccc1F.Cl. The first-order chi connectivity index (χ1) is 5.13. The Morgan fingerprint density at radius 1 is 1.50 bits per heavy atom. The smallest absolute Gasteiger partial charge is 0.131 e. The molecule has 1 atom stereocenters. The molecule has 1 unspecified atom stereocenters. The summed E-state index contributed by atoms with van der Waals surface area (Å²) in [5.41, 5.74) is 5.59. The number of halogens is 2. The molecule has 1 aromatic carbocycles. The van der Waals surface area contributed by atoms with Crippen molar-refractivity contribution in [2.45, 2.75) is 13.0 Å². The molecule has 0 heterocycles. The van der Waals surface area contributed by atoms with Gasteiger partial charge in [0.1, 0.15) is 11.6 Å². The van der Waals surface area contributed by atoms with Crippen LogP contribution < -0.4 is 5.73 Å². The molecule has 0 aliphatic heterocycles. The lowest BCUT2D eigenvalue weighted by Crippen LogP contribution is -2.07. The molecule has 0 saturated carbocycles. The Kier molecular flexibility index (Phi) is 4.00. The van der Waals surface area contributed by atoms with Crippen LogP contribution in [0.2, 0.25) is 0 Å². The maximum atomic E-state index is 12.9. The predicted octanol–water partition coefficient (Wildman–Crippen LogP) is 1.97. The second-order valence-corrected chi connectivity index (χ2v) is 2.46. The quantitative estimate of drug-likeness (QED) is 0.713. The Hall–Kier alpha value is -0.800. The number of hydrogen-bond donors (Lipinski definition) is 2. The van der Waals surface area contributed by atoms with Crippen LogP contribution in [-0.4, -0.2) is 5.11 Å². The monoisotopic (exact) mass is 191 g/mol. The second kappa shape index (κ2) is 4.28. The molecule has 3 N–H and O–H groups in total. The van der Waals surface area contributed by atoms with Crippen LogP contribution in [0.25, 0.3) is 0 Å². The third-order valence-corrected chi connectivity index (χ3v) is 1.49. The van der Waals surface area contributed by atoms with Gasteiger partial charge in [0.25, 0.3) is 0 Å². The number of hydrogen-bond acceptors (Lipinski definition) is 2. The molecule has 1 aromatic rings. The average molecular weight is 192 g/mol. The first-order valence-corrected chi connectivity index (χ1v) is 3.36. The van der Waals surface area contributed by atoms with E-state index in [1.165, 1.54) is 18.2 Å². The van der Waals surface area contributed by atoms with Crippen molar-refractivity contribution in [3.63, 3.8) is 0 Å². The van der Waals surface area contributed by atoms with E-state index < -0.39 is 11.9 Å². The van der Waals surface area contributed by atoms with Crippen LogP contribution in [0.3, 0.4) is 0 Å². The summed E-state index contributed by atoms with van der Waals surface area (Å²) in [5.74, 6) is -0.542. The van der Waals surface area contributed by atoms with Crippen molar-refractivity contribution in [2.75, 3.05) is 0 Å². The Morgan fingerprint density at radius 2 is 2.08 bits per heavy atom. The van der Waals surface area contributed by atoms with E-state index in [4.69, 9.17) is 10.8 Å². The van der Waals surface area contributed by atoms with Crippen LogP contribution in [0.5, 0.6) is 5.75 Å². The Balaban J connectivity index is 0.00000121. The molecule has 0 amide bonds. The highest BCUT2D eigenvalue weighted by atomic mass is 35.5. The lowest BCUT2D eigenvalue weighted by atomic mass is 10.1. The standard InChI is InChI=1S/C8H10FNO.ClH/c1-5(10)8-6(9)3-2-4-7(8)11;/h2-5,11H,10H2,1H3;1H. The molecule has 0 aromatic heterocycles. The number of aromatic hydroxyl groups is 1. The summed E-state index contributed by atoms with van der Waals surface area (Å²) in [5, 5.41) is 9.14. The predicted molar refractivity (Wildman–Crippen MR) is 47.9 cm³/mol. The minimum absolute atomic E-state index is 0. The summed E-state index contributed by atoms with van der Waals surface area (Å²) in [6.45, 7) is 1.62. The second-order valence-electron chi connectivity index (χ2n) is 2.46. The zero-order valence-electron chi connectivity index (χ0n) is 6.62. The summed E-state index contributed by atoms with van der Waals surface area (Å²) in [6.07, 6.45) is 0. The van der Waals surface area contributed by atoms with Gasteiger partial charge in [0, 0.05) is 11.6 Å². The van der Waals surface area contributed by atoms with E-state index in [1.54, 1.807) is 6.92 Å². The highest BCUT2D eigenvalue weighted by Crippen LogP contribution is 2.24. The first kappa shape index (κ1) is 11.2. The van der Waals surface area contributed by atoms with E-state index in [0.717, 1.165) is 0 Å². The third kappa shape index (κ3) is 2.09. The summed E-state index contributed by atoms with van der Waals surface area (Å²) < 4.78 is 12.9. The molecule has 0 aliphatic carbocycles. The molecule has 0 bridgehead atoms. The van der Waals surface area contributed by atoms with Crippen LogP contribution >= 0.6 is 12.4 Å². The fourth-order valence-corrected chi connectivity index (χ4v) is 0.976. The molecular weight excluding hydrogens is 181 g/mol. The Labute approximate surface area is 76.6 Å². The minimum Gasteiger partial charge on any atom is -0.508 e. The average Bonchev–Trinajstić information content (AvgIpc) is 1.85. The van der Waals surface area contributed by atoms with Crippen molar-refractivity contribution in [3.8, 4) is 5.75 Å². The summed E-state index contributed by atoms with van der Waals surface area (Å²) in [7, 11) is 0. The summed E-state index contributed by atoms with van der Waals surface area (Å²) >= 11 is 0. The van der Waals surface area contributed by atoms with Crippen molar-refractivity contribution in [3.05, 3.63) is 29.6 Å². The summed E-state index contributed by atoms with van der Waals surface area (Å²) in [6, 6.07) is 3.66. The van der Waals surface area contributed by atoms with Gasteiger partial charge >= 0.3 is 0 Å². The van der Waals surface area contributed by atoms with Crippen molar-refractivity contribution in [2.24, 2.45) is 5.73 Å². The van der Waals surface area contributed by atoms with E-state index in [0.29, 0.717) is 0 Å². The molecule has 12 heavy (non-hydrogen) atoms. The van der Waals surface area contributed by atoms with Crippen molar-refractivity contribution in [1.29, 1.82) is 0 Å². The lowest BCUT2D eigenvalue weighted by molar-refractivity contribution is 0.452. The van der Waals surface area contributed by atoms with Gasteiger partial charge in [-0.3, -0.25) is 0 Å². The molecule has 1 rings (SSSR count). The maximum Gasteiger partial charge on any atom is 0.131 e. The fraction of sp³-hybridized carbons (Fsp3) is 0.250. The molecular formula is C8H11ClFNO. The molecule has 68 valence electrons. The van der Waals surface area contributed by atoms with Gasteiger partial charge in [0.15, 0.2) is 0 Å². The third-order valence-electron chi connectivity index (χ3n) is 1.49. The van der Waals surface area contributed by atoms with Crippen molar-refractivity contribution >= 4 is 12.4 Å². The number of phenols is 1. The molecule has 4 heteroatoms. The number of phenolic OH excluding ortho intramolecular Hbond substituents is 1. The first-order valence-electron chi connectivity index (χ1n) is 3.36. The van der Waals surface area contributed by atoms with Gasteiger partial charge in [-0.25, -0.2) is 4.39 Å². The largest absolute Gasteiger partial charge is 0.508 e. The zero-order valence-corrected chi connectivity index (χ0v) is 7.44. The van der Waals surface area contributed by atoms with E-state index in [9.17, 15) is 4.39 Å². The number of benzene rings is 1. The van der Waals surface area contributed by atoms with Crippen LogP contribution in [0.15, 0.2) is 18.2 Å². The van der Waals surface area contributed by atoms with E-state index in [2.05, 4.69) is 0 Å². The van der Waals surface area contributed by atoms with Gasteiger partial charge in [0.2, 0.25) is 0 Å². The molecule has 2 nitrogen and oxygen atoms in total. The summed E-state index contributed by atoms with van der Waals surface area (Å²) in [4.78, 5) is 0. The lowest BCUT2D eigenvalue weighted by Gasteiger charge is -2.08. The highest BCUT2D eigenvalue weighted by Gasteiger charge is 2.10. The van der Waals surface area contributed by atoms with Crippen LogP contribution in [-0.2, 0) is 0 Å². The minimum atomic E-state index is -0.476. The molecule has 0 saturated heterocycles. The van der Waals surface area contributed by atoms with Gasteiger partial charge in [-0.2, -0.15) is 0 Å². The van der Waals surface area contributed by atoms with Crippen LogP contribution in [0.1, 0.15) is 18.5 Å². The maximum absolute atomic E-state index is 12.9. The highest BCUT2D eigenvalue weighted by molar-refractivity contribution is 5.85. The zero-order chi connectivity index (χ0) is 8.43. The van der Waals surface area contributed by atoms with Gasteiger partial charge in [-0.1, -0.05) is 6.07 Å². The van der Waals surface area contributed by atoms with Gasteiger partial charge in [-0.05, 0) is 19.1 Å². The normalized spacial score (nSPS) is 11.9.